The molecule has 0 aromatic heterocycles. The van der Waals surface area contributed by atoms with E-state index >= 15 is 0 Å². The van der Waals surface area contributed by atoms with Crippen LogP contribution in [0.2, 0.25) is 0 Å². The van der Waals surface area contributed by atoms with Crippen LogP contribution in [0.4, 0.5) is 0 Å². The molecule has 0 spiro atoms. The Morgan fingerprint density at radius 3 is 2.56 bits per heavy atom. The van der Waals surface area contributed by atoms with E-state index in [1.54, 1.807) is 4.90 Å². The third-order valence-corrected chi connectivity index (χ3v) is 6.24. The molecule has 3 rings (SSSR count). The van der Waals surface area contributed by atoms with Crippen molar-refractivity contribution in [2.24, 2.45) is 5.92 Å². The van der Waals surface area contributed by atoms with Gasteiger partial charge in [0.15, 0.2) is 0 Å². The van der Waals surface area contributed by atoms with Gasteiger partial charge in [0.2, 0.25) is 5.91 Å². The summed E-state index contributed by atoms with van der Waals surface area (Å²) < 4.78 is 11.1. The predicted molar refractivity (Wildman–Crippen MR) is 101 cm³/mol. The molecule has 6 heteroatoms. The standard InChI is InChI=1S/C21H29NO5/c1-11-12(2)19-15(13(3)18(11)23)8-9-17(27-19)14(4)20(24)22-10-6-7-16(22)21(25)26-5/h14,16-17,23H,6-10H2,1-5H3/t14?,16-,17?/m0/s1. The first-order valence-electron chi connectivity index (χ1n) is 9.64. The van der Waals surface area contributed by atoms with Gasteiger partial charge in [0.25, 0.3) is 0 Å². The number of hydrogen-bond donors (Lipinski definition) is 1. The zero-order valence-electron chi connectivity index (χ0n) is 16.8. The molecule has 0 saturated carbocycles. The lowest BCUT2D eigenvalue weighted by molar-refractivity contribution is -0.153. The SMILES string of the molecule is COC(=O)[C@@H]1CCCN1C(=O)C(C)C1CCc2c(C)c(O)c(C)c(C)c2O1. The minimum atomic E-state index is -0.482. The first-order valence-corrected chi connectivity index (χ1v) is 9.64. The van der Waals surface area contributed by atoms with Gasteiger partial charge in [-0.3, -0.25) is 4.79 Å². The second-order valence-corrected chi connectivity index (χ2v) is 7.73. The molecule has 1 aromatic carbocycles. The average molecular weight is 375 g/mol. The van der Waals surface area contributed by atoms with Gasteiger partial charge in [-0.15, -0.1) is 0 Å². The highest BCUT2D eigenvalue weighted by molar-refractivity contribution is 5.86. The van der Waals surface area contributed by atoms with Crippen LogP contribution in [0, 0.1) is 26.7 Å². The number of phenols is 1. The molecule has 0 aliphatic carbocycles. The zero-order valence-corrected chi connectivity index (χ0v) is 16.8. The van der Waals surface area contributed by atoms with E-state index in [1.165, 1.54) is 7.11 Å². The second kappa shape index (κ2) is 7.41. The Morgan fingerprint density at radius 1 is 1.19 bits per heavy atom. The van der Waals surface area contributed by atoms with Gasteiger partial charge < -0.3 is 19.5 Å². The van der Waals surface area contributed by atoms with Crippen LogP contribution >= 0.6 is 0 Å². The fraction of sp³-hybridized carbons (Fsp3) is 0.619. The number of amides is 1. The molecule has 3 atom stereocenters. The van der Waals surface area contributed by atoms with E-state index in [-0.39, 0.29) is 23.9 Å². The summed E-state index contributed by atoms with van der Waals surface area (Å²) in [7, 11) is 1.36. The molecule has 1 aromatic rings. The van der Waals surface area contributed by atoms with Crippen LogP contribution in [0.15, 0.2) is 0 Å². The first-order chi connectivity index (χ1) is 12.8. The molecule has 2 aliphatic rings. The molecule has 0 bridgehead atoms. The normalized spacial score (nSPS) is 22.8. The van der Waals surface area contributed by atoms with Crippen LogP contribution in [0.5, 0.6) is 11.5 Å². The molecule has 1 amide bonds. The molecule has 0 radical (unpaired) electrons. The highest BCUT2D eigenvalue weighted by atomic mass is 16.5. The second-order valence-electron chi connectivity index (χ2n) is 7.73. The van der Waals surface area contributed by atoms with Crippen LogP contribution in [0.1, 0.15) is 48.4 Å². The van der Waals surface area contributed by atoms with Crippen molar-refractivity contribution in [2.45, 2.75) is 65.5 Å². The number of methoxy groups -OCH3 is 1. The van der Waals surface area contributed by atoms with Gasteiger partial charge in [-0.2, -0.15) is 0 Å². The summed E-state index contributed by atoms with van der Waals surface area (Å²) in [5.41, 5.74) is 3.62. The highest BCUT2D eigenvalue weighted by Gasteiger charge is 2.40. The Hall–Kier alpha value is -2.24. The van der Waals surface area contributed by atoms with Crippen molar-refractivity contribution >= 4 is 11.9 Å². The van der Waals surface area contributed by atoms with Crippen molar-refractivity contribution < 1.29 is 24.2 Å². The summed E-state index contributed by atoms with van der Waals surface area (Å²) in [6, 6.07) is -0.482. The summed E-state index contributed by atoms with van der Waals surface area (Å²) >= 11 is 0. The number of ether oxygens (including phenoxy) is 2. The molecule has 148 valence electrons. The van der Waals surface area contributed by atoms with Crippen LogP contribution in [0.3, 0.4) is 0 Å². The van der Waals surface area contributed by atoms with E-state index in [4.69, 9.17) is 9.47 Å². The van der Waals surface area contributed by atoms with Gasteiger partial charge in [0.05, 0.1) is 13.0 Å². The maximum atomic E-state index is 13.1. The van der Waals surface area contributed by atoms with E-state index < -0.39 is 6.04 Å². The van der Waals surface area contributed by atoms with E-state index in [1.807, 2.05) is 27.7 Å². The Labute approximate surface area is 160 Å². The number of carbonyl (C=O) groups is 2. The topological polar surface area (TPSA) is 76.1 Å². The maximum Gasteiger partial charge on any atom is 0.328 e. The Morgan fingerprint density at radius 2 is 1.89 bits per heavy atom. The predicted octanol–water partition coefficient (Wildman–Crippen LogP) is 2.81. The van der Waals surface area contributed by atoms with Crippen LogP contribution in [-0.4, -0.2) is 47.7 Å². The lowest BCUT2D eigenvalue weighted by Crippen LogP contribution is -2.47. The third-order valence-electron chi connectivity index (χ3n) is 6.24. The smallest absolute Gasteiger partial charge is 0.328 e. The number of likely N-dealkylation sites (tertiary alicyclic amines) is 1. The van der Waals surface area contributed by atoms with Gasteiger partial charge in [0.1, 0.15) is 23.6 Å². The molecule has 1 N–H and O–H groups in total. The Balaban J connectivity index is 1.81. The van der Waals surface area contributed by atoms with Gasteiger partial charge in [-0.05, 0) is 63.1 Å². The van der Waals surface area contributed by atoms with Crippen LogP contribution < -0.4 is 4.74 Å². The van der Waals surface area contributed by atoms with Crippen LogP contribution in [0.25, 0.3) is 0 Å². The number of carbonyl (C=O) groups excluding carboxylic acids is 2. The van der Waals surface area contributed by atoms with Crippen LogP contribution in [-0.2, 0) is 20.7 Å². The maximum absolute atomic E-state index is 13.1. The number of nitrogens with zero attached hydrogens (tertiary/aromatic N) is 1. The summed E-state index contributed by atoms with van der Waals surface area (Å²) in [6.07, 6.45) is 2.68. The summed E-state index contributed by atoms with van der Waals surface area (Å²) in [5.74, 6) is 0.374. The third kappa shape index (κ3) is 3.26. The number of fused-ring (bicyclic) bond motifs is 1. The minimum absolute atomic E-state index is 0.0544. The van der Waals surface area contributed by atoms with E-state index in [9.17, 15) is 14.7 Å². The Kier molecular flexibility index (Phi) is 5.36. The summed E-state index contributed by atoms with van der Waals surface area (Å²) in [6.45, 7) is 8.18. The Bertz CT molecular complexity index is 773. The molecule has 27 heavy (non-hydrogen) atoms. The van der Waals surface area contributed by atoms with Gasteiger partial charge in [-0.1, -0.05) is 6.92 Å². The molecular formula is C21H29NO5. The van der Waals surface area contributed by atoms with Crippen molar-refractivity contribution in [3.8, 4) is 11.5 Å². The lowest BCUT2D eigenvalue weighted by atomic mass is 9.88. The quantitative estimate of drug-likeness (QED) is 0.822. The summed E-state index contributed by atoms with van der Waals surface area (Å²) in [5, 5.41) is 10.3. The van der Waals surface area contributed by atoms with E-state index in [2.05, 4.69) is 0 Å². The molecular weight excluding hydrogens is 346 g/mol. The van der Waals surface area contributed by atoms with E-state index in [0.717, 1.165) is 40.8 Å². The zero-order chi connectivity index (χ0) is 19.9. The molecule has 1 fully saturated rings. The number of aromatic hydroxyl groups is 1. The molecule has 1 saturated heterocycles. The van der Waals surface area contributed by atoms with Gasteiger partial charge in [-0.25, -0.2) is 4.79 Å². The summed E-state index contributed by atoms with van der Waals surface area (Å²) in [4.78, 5) is 26.7. The lowest BCUT2D eigenvalue weighted by Gasteiger charge is -2.35. The number of phenolic OH excluding ortho intramolecular Hbond substituents is 1. The number of rotatable bonds is 3. The van der Waals surface area contributed by atoms with Crippen molar-refractivity contribution in [3.63, 3.8) is 0 Å². The van der Waals surface area contributed by atoms with E-state index in [0.29, 0.717) is 25.1 Å². The number of benzene rings is 1. The molecule has 2 unspecified atom stereocenters. The van der Waals surface area contributed by atoms with Gasteiger partial charge >= 0.3 is 5.97 Å². The molecule has 2 heterocycles. The number of hydrogen-bond acceptors (Lipinski definition) is 5. The van der Waals surface area contributed by atoms with Crippen molar-refractivity contribution in [2.75, 3.05) is 13.7 Å². The number of esters is 1. The van der Waals surface area contributed by atoms with Crippen molar-refractivity contribution in [1.29, 1.82) is 0 Å². The van der Waals surface area contributed by atoms with Crippen molar-refractivity contribution in [3.05, 3.63) is 22.3 Å². The largest absolute Gasteiger partial charge is 0.507 e. The first kappa shape index (κ1) is 19.5. The minimum Gasteiger partial charge on any atom is -0.507 e. The van der Waals surface area contributed by atoms with Crippen molar-refractivity contribution in [1.82, 2.24) is 4.90 Å². The monoisotopic (exact) mass is 375 g/mol. The molecule has 2 aliphatic heterocycles. The van der Waals surface area contributed by atoms with Gasteiger partial charge in [0, 0.05) is 12.1 Å². The fourth-order valence-corrected chi connectivity index (χ4v) is 4.31. The molecule has 6 nitrogen and oxygen atoms in total. The average Bonchev–Trinajstić information content (AvgIpc) is 3.18. The fourth-order valence-electron chi connectivity index (χ4n) is 4.31. The highest BCUT2D eigenvalue weighted by Crippen LogP contribution is 2.42.